The number of likely N-dealkylation sites (tertiary alicyclic amines) is 1. The zero-order valence-corrected chi connectivity index (χ0v) is 18.1. The first-order chi connectivity index (χ1) is 15.6. The predicted octanol–water partition coefficient (Wildman–Crippen LogP) is 3.40. The second-order valence-corrected chi connectivity index (χ2v) is 7.79. The topological polar surface area (TPSA) is 93.9 Å². The molecule has 7 nitrogen and oxygen atoms in total. The Labute approximate surface area is 189 Å². The zero-order valence-electron chi connectivity index (χ0n) is 18.1. The van der Waals surface area contributed by atoms with Gasteiger partial charge in [0, 0.05) is 43.6 Å². The Morgan fingerprint density at radius 2 is 1.79 bits per heavy atom. The molecular weight excluding hydrogens is 439 g/mol. The number of carbonyl (C=O) groups excluding carboxylic acids is 2. The molecule has 178 valence electrons. The Morgan fingerprint density at radius 3 is 2.45 bits per heavy atom. The van der Waals surface area contributed by atoms with Crippen LogP contribution in [0.3, 0.4) is 0 Å². The number of nitrogens with one attached hydrogen (secondary N) is 1. The van der Waals surface area contributed by atoms with Gasteiger partial charge in [0.15, 0.2) is 0 Å². The first kappa shape index (κ1) is 24.4. The number of carbonyl (C=O) groups is 2. The van der Waals surface area contributed by atoms with Gasteiger partial charge < -0.3 is 25.4 Å². The molecule has 3 N–H and O–H groups in total. The quantitative estimate of drug-likeness (QED) is 0.623. The second-order valence-electron chi connectivity index (χ2n) is 7.79. The van der Waals surface area contributed by atoms with Crippen LogP contribution in [-0.4, -0.2) is 48.8 Å². The average molecular weight is 465 g/mol. The molecule has 0 bridgehead atoms. The number of alkyl halides is 3. The third-order valence-electron chi connectivity index (χ3n) is 5.31. The maximum atomic E-state index is 13.1. The number of halogens is 3. The standard InChI is InChI=1S/C23H26F3N3O4/c1-15(28-14-21(27)30)19-7-2-3-8-20(19)22(31)29-11-9-16(10-12-29)32-17-5-4-6-18(13-17)33-23(24,25)26/h2-8,13,15-16,28H,9-12,14H2,1H3,(H2,27,30). The van der Waals surface area contributed by atoms with Crippen LogP contribution in [0.1, 0.15) is 41.7 Å². The minimum Gasteiger partial charge on any atom is -0.490 e. The van der Waals surface area contributed by atoms with Crippen molar-refractivity contribution in [1.82, 2.24) is 10.2 Å². The molecule has 0 spiro atoms. The van der Waals surface area contributed by atoms with Gasteiger partial charge in [-0.3, -0.25) is 9.59 Å². The van der Waals surface area contributed by atoms with Crippen LogP contribution in [0.25, 0.3) is 0 Å². The van der Waals surface area contributed by atoms with Crippen molar-refractivity contribution in [3.8, 4) is 11.5 Å². The van der Waals surface area contributed by atoms with E-state index >= 15 is 0 Å². The smallest absolute Gasteiger partial charge is 0.490 e. The van der Waals surface area contributed by atoms with Crippen molar-refractivity contribution in [3.05, 3.63) is 59.7 Å². The van der Waals surface area contributed by atoms with Crippen LogP contribution in [-0.2, 0) is 4.79 Å². The summed E-state index contributed by atoms with van der Waals surface area (Å²) in [7, 11) is 0. The summed E-state index contributed by atoms with van der Waals surface area (Å²) in [4.78, 5) is 25.9. The molecule has 1 fully saturated rings. The Balaban J connectivity index is 1.59. The summed E-state index contributed by atoms with van der Waals surface area (Å²) in [6, 6.07) is 12.3. The van der Waals surface area contributed by atoms with Gasteiger partial charge in [-0.05, 0) is 30.7 Å². The Bertz CT molecular complexity index is 975. The van der Waals surface area contributed by atoms with Crippen LogP contribution >= 0.6 is 0 Å². The molecule has 2 amide bonds. The van der Waals surface area contributed by atoms with Gasteiger partial charge in [-0.1, -0.05) is 24.3 Å². The first-order valence-electron chi connectivity index (χ1n) is 10.5. The maximum Gasteiger partial charge on any atom is 0.573 e. The molecule has 1 aliphatic heterocycles. The van der Waals surface area contributed by atoms with Gasteiger partial charge in [0.25, 0.3) is 5.91 Å². The number of piperidine rings is 1. The lowest BCUT2D eigenvalue weighted by molar-refractivity contribution is -0.274. The van der Waals surface area contributed by atoms with E-state index in [1.54, 1.807) is 23.1 Å². The number of rotatable bonds is 8. The van der Waals surface area contributed by atoms with E-state index in [0.29, 0.717) is 31.5 Å². The lowest BCUT2D eigenvalue weighted by Crippen LogP contribution is -2.42. The first-order valence-corrected chi connectivity index (χ1v) is 10.5. The number of benzene rings is 2. The highest BCUT2D eigenvalue weighted by Gasteiger charge is 2.31. The van der Waals surface area contributed by atoms with E-state index in [1.165, 1.54) is 18.2 Å². The molecule has 1 heterocycles. The summed E-state index contributed by atoms with van der Waals surface area (Å²) in [6.07, 6.45) is -3.93. The van der Waals surface area contributed by atoms with Gasteiger partial charge in [0.2, 0.25) is 5.91 Å². The van der Waals surface area contributed by atoms with Crippen molar-refractivity contribution in [3.63, 3.8) is 0 Å². The lowest BCUT2D eigenvalue weighted by atomic mass is 9.99. The van der Waals surface area contributed by atoms with Crippen molar-refractivity contribution in [1.29, 1.82) is 0 Å². The molecule has 1 atom stereocenters. The number of nitrogens with zero attached hydrogens (tertiary/aromatic N) is 1. The fourth-order valence-corrected chi connectivity index (χ4v) is 3.72. The van der Waals surface area contributed by atoms with Crippen molar-refractivity contribution in [2.24, 2.45) is 5.73 Å². The maximum absolute atomic E-state index is 13.1. The molecular formula is C23H26F3N3O4. The number of hydrogen-bond donors (Lipinski definition) is 2. The van der Waals surface area contributed by atoms with Gasteiger partial charge in [-0.2, -0.15) is 0 Å². The molecule has 2 aromatic carbocycles. The van der Waals surface area contributed by atoms with Crippen LogP contribution in [0, 0.1) is 0 Å². The van der Waals surface area contributed by atoms with Crippen molar-refractivity contribution in [2.75, 3.05) is 19.6 Å². The van der Waals surface area contributed by atoms with E-state index in [2.05, 4.69) is 10.1 Å². The fourth-order valence-electron chi connectivity index (χ4n) is 3.72. The number of amides is 2. The second kappa shape index (κ2) is 10.6. The number of nitrogens with two attached hydrogens (primary N) is 1. The van der Waals surface area contributed by atoms with E-state index in [4.69, 9.17) is 10.5 Å². The predicted molar refractivity (Wildman–Crippen MR) is 115 cm³/mol. The SMILES string of the molecule is CC(NCC(N)=O)c1ccccc1C(=O)N1CCC(Oc2cccc(OC(F)(F)F)c2)CC1. The summed E-state index contributed by atoms with van der Waals surface area (Å²) in [6.45, 7) is 2.74. The monoisotopic (exact) mass is 465 g/mol. The van der Waals surface area contributed by atoms with Gasteiger partial charge in [-0.25, -0.2) is 0 Å². The molecule has 1 saturated heterocycles. The third kappa shape index (κ3) is 7.11. The van der Waals surface area contributed by atoms with Crippen molar-refractivity contribution < 1.29 is 32.2 Å². The minimum absolute atomic E-state index is 0.00162. The number of hydrogen-bond acceptors (Lipinski definition) is 5. The highest BCUT2D eigenvalue weighted by atomic mass is 19.4. The molecule has 10 heteroatoms. The van der Waals surface area contributed by atoms with Crippen molar-refractivity contribution in [2.45, 2.75) is 38.3 Å². The van der Waals surface area contributed by atoms with Gasteiger partial charge in [0.1, 0.15) is 17.6 Å². The zero-order chi connectivity index (χ0) is 24.0. The molecule has 0 radical (unpaired) electrons. The highest BCUT2D eigenvalue weighted by Crippen LogP contribution is 2.28. The molecule has 0 aliphatic carbocycles. The molecule has 2 aromatic rings. The van der Waals surface area contributed by atoms with Gasteiger partial charge >= 0.3 is 6.36 Å². The molecule has 1 unspecified atom stereocenters. The average Bonchev–Trinajstić information content (AvgIpc) is 2.76. The molecule has 33 heavy (non-hydrogen) atoms. The van der Waals surface area contributed by atoms with E-state index in [9.17, 15) is 22.8 Å². The van der Waals surface area contributed by atoms with Crippen molar-refractivity contribution >= 4 is 11.8 Å². The minimum atomic E-state index is -4.77. The largest absolute Gasteiger partial charge is 0.573 e. The third-order valence-corrected chi connectivity index (χ3v) is 5.31. The van der Waals surface area contributed by atoms with E-state index < -0.39 is 12.3 Å². The Hall–Kier alpha value is -3.27. The van der Waals surface area contributed by atoms with Gasteiger partial charge in [0.05, 0.1) is 6.54 Å². The number of ether oxygens (including phenoxy) is 2. The summed E-state index contributed by atoms with van der Waals surface area (Å²) in [5, 5.41) is 3.00. The van der Waals surface area contributed by atoms with Crippen LogP contribution in [0.5, 0.6) is 11.5 Å². The highest BCUT2D eigenvalue weighted by molar-refractivity contribution is 5.96. The fraction of sp³-hybridized carbons (Fsp3) is 0.391. The summed E-state index contributed by atoms with van der Waals surface area (Å²) in [5.41, 5.74) is 6.50. The summed E-state index contributed by atoms with van der Waals surface area (Å²) < 4.78 is 47.0. The lowest BCUT2D eigenvalue weighted by Gasteiger charge is -2.33. The van der Waals surface area contributed by atoms with Crippen LogP contribution < -0.4 is 20.5 Å². The molecule has 3 rings (SSSR count). The van der Waals surface area contributed by atoms with Gasteiger partial charge in [-0.15, -0.1) is 13.2 Å². The molecule has 1 aliphatic rings. The Kier molecular flexibility index (Phi) is 7.80. The van der Waals surface area contributed by atoms with Crippen LogP contribution in [0.2, 0.25) is 0 Å². The summed E-state index contributed by atoms with van der Waals surface area (Å²) >= 11 is 0. The Morgan fingerprint density at radius 1 is 1.12 bits per heavy atom. The number of primary amides is 1. The normalized spacial score (nSPS) is 15.7. The van der Waals surface area contributed by atoms with Crippen LogP contribution in [0.4, 0.5) is 13.2 Å². The van der Waals surface area contributed by atoms with E-state index in [1.807, 2.05) is 19.1 Å². The summed E-state index contributed by atoms with van der Waals surface area (Å²) in [5.74, 6) is -0.676. The van der Waals surface area contributed by atoms with E-state index in [-0.39, 0.29) is 36.1 Å². The molecule has 0 aromatic heterocycles. The van der Waals surface area contributed by atoms with E-state index in [0.717, 1.165) is 5.56 Å². The molecule has 0 saturated carbocycles. The van der Waals surface area contributed by atoms with Crippen LogP contribution in [0.15, 0.2) is 48.5 Å².